The summed E-state index contributed by atoms with van der Waals surface area (Å²) in [7, 11) is 1.14. The van der Waals surface area contributed by atoms with Gasteiger partial charge < -0.3 is 9.47 Å². The molecule has 1 aromatic carbocycles. The Labute approximate surface area is 112 Å². The number of ether oxygens (including phenoxy) is 2. The minimum atomic E-state index is -0.966. The lowest BCUT2D eigenvalue weighted by Gasteiger charge is -2.07. The van der Waals surface area contributed by atoms with Gasteiger partial charge in [0.2, 0.25) is 0 Å². The average molecular weight is 283 g/mol. The molecular formula is C12H11F2N3O3. The van der Waals surface area contributed by atoms with E-state index in [2.05, 4.69) is 20.1 Å². The van der Waals surface area contributed by atoms with Crippen molar-refractivity contribution >= 4 is 5.97 Å². The Morgan fingerprint density at radius 3 is 2.75 bits per heavy atom. The van der Waals surface area contributed by atoms with E-state index < -0.39 is 23.4 Å². The zero-order valence-electron chi connectivity index (χ0n) is 10.7. The molecule has 6 nitrogen and oxygen atoms in total. The number of nitrogens with zero attached hydrogens (tertiary/aromatic N) is 2. The first-order chi connectivity index (χ1) is 9.60. The Kier molecular flexibility index (Phi) is 3.92. The van der Waals surface area contributed by atoms with E-state index in [1.54, 1.807) is 6.92 Å². The van der Waals surface area contributed by atoms with Crippen molar-refractivity contribution in [2.24, 2.45) is 0 Å². The lowest BCUT2D eigenvalue weighted by molar-refractivity contribution is 0.0520. The maximum absolute atomic E-state index is 14.1. The highest BCUT2D eigenvalue weighted by Crippen LogP contribution is 2.31. The number of aromatic nitrogens is 3. The molecule has 0 unspecified atom stereocenters. The third-order valence-electron chi connectivity index (χ3n) is 2.53. The van der Waals surface area contributed by atoms with Crippen molar-refractivity contribution in [3.63, 3.8) is 0 Å². The number of nitrogens with one attached hydrogen (secondary N) is 1. The number of H-pyrrole nitrogens is 1. The van der Waals surface area contributed by atoms with Gasteiger partial charge in [0.05, 0.1) is 13.7 Å². The third-order valence-corrected chi connectivity index (χ3v) is 2.53. The Hall–Kier alpha value is -2.51. The van der Waals surface area contributed by atoms with Crippen molar-refractivity contribution in [3.05, 3.63) is 29.5 Å². The maximum Gasteiger partial charge on any atom is 0.361 e. The number of hydrogen-bond acceptors (Lipinski definition) is 5. The Bertz CT molecular complexity index is 643. The van der Waals surface area contributed by atoms with Crippen molar-refractivity contribution < 1.29 is 23.0 Å². The van der Waals surface area contributed by atoms with E-state index in [0.717, 1.165) is 19.2 Å². The lowest BCUT2D eigenvalue weighted by atomic mass is 10.1. The third kappa shape index (κ3) is 2.31. The molecule has 0 saturated heterocycles. The summed E-state index contributed by atoms with van der Waals surface area (Å²) in [6.07, 6.45) is 0. The summed E-state index contributed by atoms with van der Waals surface area (Å²) in [6, 6.07) is 2.16. The monoisotopic (exact) mass is 283 g/mol. The zero-order valence-corrected chi connectivity index (χ0v) is 10.7. The minimum absolute atomic E-state index is 0.0701. The first kappa shape index (κ1) is 13.9. The highest BCUT2D eigenvalue weighted by Gasteiger charge is 2.24. The van der Waals surface area contributed by atoms with Gasteiger partial charge in [-0.3, -0.25) is 0 Å². The summed E-state index contributed by atoms with van der Waals surface area (Å²) in [5.41, 5.74) is -0.362. The largest absolute Gasteiger partial charge is 0.491 e. The average Bonchev–Trinajstić information content (AvgIpc) is 2.89. The van der Waals surface area contributed by atoms with Crippen LogP contribution in [-0.2, 0) is 4.74 Å². The molecule has 2 aromatic rings. The van der Waals surface area contributed by atoms with E-state index in [0.29, 0.717) is 0 Å². The van der Waals surface area contributed by atoms with Crippen LogP contribution in [0.4, 0.5) is 8.78 Å². The summed E-state index contributed by atoms with van der Waals surface area (Å²) in [4.78, 5) is 11.7. The topological polar surface area (TPSA) is 77.1 Å². The van der Waals surface area contributed by atoms with Crippen LogP contribution >= 0.6 is 0 Å². The van der Waals surface area contributed by atoms with Crippen LogP contribution in [0, 0.1) is 11.6 Å². The van der Waals surface area contributed by atoms with E-state index in [4.69, 9.17) is 4.74 Å². The maximum atomic E-state index is 14.1. The SMILES string of the molecule is CCOC(=O)c1n[nH]nc1-c1ccc(F)c(OC)c1F. The molecule has 0 saturated carbocycles. The molecule has 106 valence electrons. The number of carbonyl (C=O) groups excluding carboxylic acids is 1. The number of benzene rings is 1. The van der Waals surface area contributed by atoms with Gasteiger partial charge in [-0.05, 0) is 19.1 Å². The first-order valence-electron chi connectivity index (χ1n) is 5.70. The molecule has 8 heteroatoms. The Balaban J connectivity index is 2.53. The zero-order chi connectivity index (χ0) is 14.7. The fourth-order valence-electron chi connectivity index (χ4n) is 1.66. The molecule has 2 rings (SSSR count). The number of methoxy groups -OCH3 is 1. The molecule has 0 spiro atoms. The summed E-state index contributed by atoms with van der Waals surface area (Å²) in [5, 5.41) is 9.53. The molecular weight excluding hydrogens is 272 g/mol. The molecule has 0 radical (unpaired) electrons. The number of hydrogen-bond donors (Lipinski definition) is 1. The van der Waals surface area contributed by atoms with Gasteiger partial charge >= 0.3 is 5.97 Å². The molecule has 1 aromatic heterocycles. The van der Waals surface area contributed by atoms with Gasteiger partial charge in [-0.2, -0.15) is 10.3 Å². The number of carbonyl (C=O) groups is 1. The van der Waals surface area contributed by atoms with Crippen molar-refractivity contribution in [2.45, 2.75) is 6.92 Å². The van der Waals surface area contributed by atoms with Crippen molar-refractivity contribution in [3.8, 4) is 17.0 Å². The quantitative estimate of drug-likeness (QED) is 0.868. The second-order valence-corrected chi connectivity index (χ2v) is 3.68. The van der Waals surface area contributed by atoms with E-state index in [1.807, 2.05) is 0 Å². The fraction of sp³-hybridized carbons (Fsp3) is 0.250. The number of rotatable bonds is 4. The van der Waals surface area contributed by atoms with Crippen LogP contribution in [0.5, 0.6) is 5.75 Å². The lowest BCUT2D eigenvalue weighted by Crippen LogP contribution is -2.07. The van der Waals surface area contributed by atoms with Crippen LogP contribution in [0.15, 0.2) is 12.1 Å². The normalized spacial score (nSPS) is 10.4. The molecule has 0 aliphatic carbocycles. The fourth-order valence-corrected chi connectivity index (χ4v) is 1.66. The Morgan fingerprint density at radius 2 is 2.10 bits per heavy atom. The highest BCUT2D eigenvalue weighted by molar-refractivity contribution is 5.94. The van der Waals surface area contributed by atoms with Crippen molar-refractivity contribution in [1.82, 2.24) is 15.4 Å². The summed E-state index contributed by atoms with van der Waals surface area (Å²) in [6.45, 7) is 1.76. The Morgan fingerprint density at radius 1 is 1.35 bits per heavy atom. The van der Waals surface area contributed by atoms with E-state index in [-0.39, 0.29) is 23.6 Å². The molecule has 20 heavy (non-hydrogen) atoms. The number of esters is 1. The minimum Gasteiger partial charge on any atom is -0.491 e. The summed E-state index contributed by atoms with van der Waals surface area (Å²) < 4.78 is 36.9. The van der Waals surface area contributed by atoms with Crippen molar-refractivity contribution in [1.29, 1.82) is 0 Å². The van der Waals surface area contributed by atoms with Gasteiger partial charge in [0.1, 0.15) is 5.69 Å². The number of halogens is 2. The van der Waals surface area contributed by atoms with Gasteiger partial charge in [-0.1, -0.05) is 0 Å². The smallest absolute Gasteiger partial charge is 0.361 e. The van der Waals surface area contributed by atoms with Crippen molar-refractivity contribution in [2.75, 3.05) is 13.7 Å². The molecule has 0 aliphatic heterocycles. The summed E-state index contributed by atoms with van der Waals surface area (Å²) >= 11 is 0. The second kappa shape index (κ2) is 5.64. The standard InChI is InChI=1S/C12H11F2N3O3/c1-3-20-12(18)10-9(15-17-16-10)6-4-5-7(13)11(19-2)8(6)14/h4-5H,3H2,1-2H3,(H,15,16,17). The molecule has 0 amide bonds. The van der Waals surface area contributed by atoms with Crippen LogP contribution < -0.4 is 4.74 Å². The van der Waals surface area contributed by atoms with Crippen LogP contribution in [-0.4, -0.2) is 35.1 Å². The predicted octanol–water partition coefficient (Wildman–Crippen LogP) is 1.94. The van der Waals surface area contributed by atoms with E-state index >= 15 is 0 Å². The number of aromatic amines is 1. The van der Waals surface area contributed by atoms with E-state index in [1.165, 1.54) is 0 Å². The van der Waals surface area contributed by atoms with Gasteiger partial charge in [0, 0.05) is 5.56 Å². The molecule has 0 bridgehead atoms. The molecule has 0 fully saturated rings. The van der Waals surface area contributed by atoms with E-state index in [9.17, 15) is 13.6 Å². The summed E-state index contributed by atoms with van der Waals surface area (Å²) in [5.74, 6) is -3.12. The molecule has 1 N–H and O–H groups in total. The van der Waals surface area contributed by atoms with Gasteiger partial charge in [0.15, 0.2) is 23.1 Å². The van der Waals surface area contributed by atoms with Crippen LogP contribution in [0.1, 0.15) is 17.4 Å². The van der Waals surface area contributed by atoms with Crippen LogP contribution in [0.25, 0.3) is 11.3 Å². The van der Waals surface area contributed by atoms with Crippen LogP contribution in [0.2, 0.25) is 0 Å². The van der Waals surface area contributed by atoms with Gasteiger partial charge in [-0.25, -0.2) is 13.6 Å². The molecule has 0 atom stereocenters. The van der Waals surface area contributed by atoms with Gasteiger partial charge in [-0.15, -0.1) is 5.10 Å². The highest BCUT2D eigenvalue weighted by atomic mass is 19.1. The molecule has 1 heterocycles. The first-order valence-corrected chi connectivity index (χ1v) is 5.70. The second-order valence-electron chi connectivity index (χ2n) is 3.68. The van der Waals surface area contributed by atoms with Gasteiger partial charge in [0.25, 0.3) is 0 Å². The van der Waals surface area contributed by atoms with Crippen LogP contribution in [0.3, 0.4) is 0 Å². The predicted molar refractivity (Wildman–Crippen MR) is 64.2 cm³/mol. The molecule has 0 aliphatic rings.